The minimum atomic E-state index is -1.10. The number of hydrogen-bond acceptors (Lipinski definition) is 5. The molecule has 0 amide bonds. The van der Waals surface area contributed by atoms with Gasteiger partial charge in [-0.3, -0.25) is 14.6 Å². The average molecular weight is 406 g/mol. The molecule has 1 aliphatic rings. The molecule has 1 heterocycles. The normalized spacial score (nSPS) is 14.6. The Kier molecular flexibility index (Phi) is 5.20. The van der Waals surface area contributed by atoms with Gasteiger partial charge in [-0.1, -0.05) is 36.4 Å². The molecule has 0 spiro atoms. The van der Waals surface area contributed by atoms with Crippen molar-refractivity contribution in [2.45, 2.75) is 12.6 Å². The maximum Gasteiger partial charge on any atom is 0.235 e. The van der Waals surface area contributed by atoms with Crippen LogP contribution in [0.3, 0.4) is 0 Å². The SMILES string of the molecule is O=C1C(=O)c2ccccc2C(O)=C1C(NCc1ccccn1)c1ccc(F)c(F)c1. The summed E-state index contributed by atoms with van der Waals surface area (Å²) >= 11 is 0. The summed E-state index contributed by atoms with van der Waals surface area (Å²) in [5.41, 5.74) is 0.898. The number of pyridine rings is 1. The first-order valence-electron chi connectivity index (χ1n) is 9.17. The summed E-state index contributed by atoms with van der Waals surface area (Å²) in [7, 11) is 0. The number of benzene rings is 2. The first kappa shape index (κ1) is 19.6. The van der Waals surface area contributed by atoms with Crippen molar-refractivity contribution in [1.82, 2.24) is 10.3 Å². The van der Waals surface area contributed by atoms with Gasteiger partial charge in [-0.25, -0.2) is 8.78 Å². The predicted octanol–water partition coefficient (Wildman–Crippen LogP) is 3.93. The van der Waals surface area contributed by atoms with E-state index in [0.29, 0.717) is 5.69 Å². The second-order valence-electron chi connectivity index (χ2n) is 6.77. The van der Waals surface area contributed by atoms with Crippen molar-refractivity contribution in [1.29, 1.82) is 0 Å². The highest BCUT2D eigenvalue weighted by molar-refractivity contribution is 6.52. The van der Waals surface area contributed by atoms with E-state index in [9.17, 15) is 23.5 Å². The number of nitrogens with one attached hydrogen (secondary N) is 1. The standard InChI is InChI=1S/C23H16F2N2O3/c24-17-9-8-13(11-18(17)25)20(27-12-14-5-3-4-10-26-14)19-21(28)15-6-1-2-7-16(15)22(29)23(19)30/h1-11,20,27-28H,12H2. The van der Waals surface area contributed by atoms with Gasteiger partial charge >= 0.3 is 0 Å². The molecule has 1 aliphatic carbocycles. The summed E-state index contributed by atoms with van der Waals surface area (Å²) < 4.78 is 27.4. The number of hydrogen-bond donors (Lipinski definition) is 2. The molecule has 3 aromatic rings. The number of aromatic nitrogens is 1. The lowest BCUT2D eigenvalue weighted by Gasteiger charge is -2.26. The Bertz CT molecular complexity index is 1180. The maximum atomic E-state index is 13.9. The van der Waals surface area contributed by atoms with Crippen LogP contribution in [0.25, 0.3) is 5.76 Å². The van der Waals surface area contributed by atoms with E-state index < -0.39 is 29.2 Å². The molecular formula is C23H16F2N2O3. The third kappa shape index (κ3) is 3.51. The molecule has 7 heteroatoms. The maximum absolute atomic E-state index is 13.9. The lowest BCUT2D eigenvalue weighted by atomic mass is 9.83. The van der Waals surface area contributed by atoms with Crippen LogP contribution >= 0.6 is 0 Å². The van der Waals surface area contributed by atoms with Crippen molar-refractivity contribution >= 4 is 17.3 Å². The van der Waals surface area contributed by atoms with Crippen molar-refractivity contribution in [3.05, 3.63) is 106 Å². The Hall–Kier alpha value is -3.71. The predicted molar refractivity (Wildman–Crippen MR) is 106 cm³/mol. The van der Waals surface area contributed by atoms with Crippen LogP contribution in [-0.4, -0.2) is 21.7 Å². The molecule has 2 aromatic carbocycles. The van der Waals surface area contributed by atoms with Crippen molar-refractivity contribution in [2.75, 3.05) is 0 Å². The Labute approximate surface area is 170 Å². The van der Waals surface area contributed by atoms with Gasteiger partial charge in [0.2, 0.25) is 11.6 Å². The number of fused-ring (bicyclic) bond motifs is 1. The summed E-state index contributed by atoms with van der Waals surface area (Å²) in [5.74, 6) is -4.21. The van der Waals surface area contributed by atoms with E-state index >= 15 is 0 Å². The highest BCUT2D eigenvalue weighted by Crippen LogP contribution is 2.35. The molecular weight excluding hydrogens is 390 g/mol. The van der Waals surface area contributed by atoms with Gasteiger partial charge in [0, 0.05) is 23.9 Å². The minimum Gasteiger partial charge on any atom is -0.507 e. The average Bonchev–Trinajstić information content (AvgIpc) is 2.77. The molecule has 1 atom stereocenters. The highest BCUT2D eigenvalue weighted by atomic mass is 19.2. The smallest absolute Gasteiger partial charge is 0.235 e. The molecule has 4 rings (SSSR count). The van der Waals surface area contributed by atoms with Crippen LogP contribution in [-0.2, 0) is 11.3 Å². The monoisotopic (exact) mass is 406 g/mol. The molecule has 0 saturated heterocycles. The number of Topliss-reactive ketones (excluding diaryl/α,β-unsaturated/α-hetero) is 2. The quantitative estimate of drug-likeness (QED) is 0.628. The summed E-state index contributed by atoms with van der Waals surface area (Å²) in [6.45, 7) is 0.157. The van der Waals surface area contributed by atoms with E-state index in [-0.39, 0.29) is 34.6 Å². The number of carbonyl (C=O) groups excluding carboxylic acids is 2. The zero-order chi connectivity index (χ0) is 21.3. The zero-order valence-electron chi connectivity index (χ0n) is 15.6. The van der Waals surface area contributed by atoms with Gasteiger partial charge in [-0.05, 0) is 29.8 Å². The Morgan fingerprint density at radius 2 is 1.63 bits per heavy atom. The fraction of sp³-hybridized carbons (Fsp3) is 0.0870. The van der Waals surface area contributed by atoms with E-state index in [1.165, 1.54) is 18.2 Å². The number of carbonyl (C=O) groups is 2. The lowest BCUT2D eigenvalue weighted by molar-refractivity contribution is -0.112. The van der Waals surface area contributed by atoms with Crippen LogP contribution in [0.4, 0.5) is 8.78 Å². The third-order valence-electron chi connectivity index (χ3n) is 4.91. The number of halogens is 2. The van der Waals surface area contributed by atoms with Crippen molar-refractivity contribution in [2.24, 2.45) is 0 Å². The summed E-state index contributed by atoms with van der Waals surface area (Å²) in [6.07, 6.45) is 1.59. The lowest BCUT2D eigenvalue weighted by Crippen LogP contribution is -2.33. The highest BCUT2D eigenvalue weighted by Gasteiger charge is 2.37. The number of aliphatic hydroxyl groups excluding tert-OH is 1. The molecule has 0 fully saturated rings. The molecule has 0 radical (unpaired) electrons. The Morgan fingerprint density at radius 1 is 0.900 bits per heavy atom. The molecule has 0 saturated carbocycles. The number of aliphatic hydroxyl groups is 1. The van der Waals surface area contributed by atoms with Crippen LogP contribution < -0.4 is 5.32 Å². The fourth-order valence-electron chi connectivity index (χ4n) is 3.44. The van der Waals surface area contributed by atoms with E-state index in [1.54, 1.807) is 36.5 Å². The van der Waals surface area contributed by atoms with Crippen molar-refractivity contribution in [3.63, 3.8) is 0 Å². The first-order valence-corrected chi connectivity index (χ1v) is 9.17. The van der Waals surface area contributed by atoms with Crippen LogP contribution in [0.1, 0.15) is 33.2 Å². The van der Waals surface area contributed by atoms with Crippen LogP contribution in [0, 0.1) is 11.6 Å². The van der Waals surface area contributed by atoms with E-state index in [4.69, 9.17) is 0 Å². The van der Waals surface area contributed by atoms with Gasteiger partial charge in [0.05, 0.1) is 17.3 Å². The molecule has 2 N–H and O–H groups in total. The summed E-state index contributed by atoms with van der Waals surface area (Å²) in [5, 5.41) is 13.9. The number of rotatable bonds is 5. The summed E-state index contributed by atoms with van der Waals surface area (Å²) in [4.78, 5) is 29.7. The number of nitrogens with zero attached hydrogens (tertiary/aromatic N) is 1. The van der Waals surface area contributed by atoms with Gasteiger partial charge in [-0.2, -0.15) is 0 Å². The summed E-state index contributed by atoms with van der Waals surface area (Å²) in [6, 6.07) is 13.6. The Morgan fingerprint density at radius 3 is 2.33 bits per heavy atom. The molecule has 1 unspecified atom stereocenters. The largest absolute Gasteiger partial charge is 0.507 e. The number of ketones is 2. The minimum absolute atomic E-state index is 0.0949. The van der Waals surface area contributed by atoms with Gasteiger partial charge < -0.3 is 10.4 Å². The van der Waals surface area contributed by atoms with Gasteiger partial charge in [0.1, 0.15) is 5.76 Å². The molecule has 0 aliphatic heterocycles. The molecule has 30 heavy (non-hydrogen) atoms. The fourth-order valence-corrected chi connectivity index (χ4v) is 3.44. The van der Waals surface area contributed by atoms with E-state index in [1.807, 2.05) is 0 Å². The first-order chi connectivity index (χ1) is 14.5. The van der Waals surface area contributed by atoms with Crippen LogP contribution in [0.15, 0.2) is 72.4 Å². The van der Waals surface area contributed by atoms with Crippen molar-refractivity contribution < 1.29 is 23.5 Å². The van der Waals surface area contributed by atoms with Crippen molar-refractivity contribution in [3.8, 4) is 0 Å². The van der Waals surface area contributed by atoms with Crippen LogP contribution in [0.2, 0.25) is 0 Å². The molecule has 5 nitrogen and oxygen atoms in total. The molecule has 1 aromatic heterocycles. The van der Waals surface area contributed by atoms with Gasteiger partial charge in [0.15, 0.2) is 11.6 Å². The van der Waals surface area contributed by atoms with Gasteiger partial charge in [0.25, 0.3) is 0 Å². The third-order valence-corrected chi connectivity index (χ3v) is 4.91. The zero-order valence-corrected chi connectivity index (χ0v) is 15.6. The second kappa shape index (κ2) is 7.96. The van der Waals surface area contributed by atoms with Crippen LogP contribution in [0.5, 0.6) is 0 Å². The van der Waals surface area contributed by atoms with E-state index in [0.717, 1.165) is 12.1 Å². The molecule has 150 valence electrons. The Balaban J connectivity index is 1.83. The molecule has 0 bridgehead atoms. The van der Waals surface area contributed by atoms with Gasteiger partial charge in [-0.15, -0.1) is 0 Å². The second-order valence-corrected chi connectivity index (χ2v) is 6.77. The topological polar surface area (TPSA) is 79.3 Å². The van der Waals surface area contributed by atoms with E-state index in [2.05, 4.69) is 10.3 Å².